The van der Waals surface area contributed by atoms with E-state index in [1.54, 1.807) is 0 Å². The normalized spacial score (nSPS) is 22.6. The summed E-state index contributed by atoms with van der Waals surface area (Å²) in [5.41, 5.74) is 5.97. The molecule has 1 aromatic heterocycles. The van der Waals surface area contributed by atoms with Gasteiger partial charge in [-0.15, -0.1) is 0 Å². The molecular formula is C14H24N2O. The molecular weight excluding hydrogens is 212 g/mol. The van der Waals surface area contributed by atoms with E-state index in [0.717, 1.165) is 24.6 Å². The van der Waals surface area contributed by atoms with Crippen LogP contribution in [0.25, 0.3) is 0 Å². The zero-order valence-corrected chi connectivity index (χ0v) is 11.1. The van der Waals surface area contributed by atoms with Crippen molar-refractivity contribution in [2.45, 2.75) is 45.7 Å². The van der Waals surface area contributed by atoms with Crippen molar-refractivity contribution in [3.63, 3.8) is 0 Å². The molecule has 2 heterocycles. The summed E-state index contributed by atoms with van der Waals surface area (Å²) < 4.78 is 5.71. The van der Waals surface area contributed by atoms with Crippen LogP contribution in [0.4, 0.5) is 0 Å². The molecule has 2 rings (SSSR count). The van der Waals surface area contributed by atoms with Crippen LogP contribution in [-0.2, 0) is 0 Å². The molecule has 0 spiro atoms. The number of furan rings is 1. The highest BCUT2D eigenvalue weighted by Gasteiger charge is 2.26. The lowest BCUT2D eigenvalue weighted by atomic mass is 9.90. The topological polar surface area (TPSA) is 42.4 Å². The molecule has 3 nitrogen and oxygen atoms in total. The Morgan fingerprint density at radius 1 is 1.29 bits per heavy atom. The highest BCUT2D eigenvalue weighted by molar-refractivity contribution is 5.09. The van der Waals surface area contributed by atoms with E-state index in [1.165, 1.54) is 12.8 Å². The molecule has 0 radical (unpaired) electrons. The third-order valence-corrected chi connectivity index (χ3v) is 4.04. The minimum atomic E-state index is 0.332. The molecule has 1 saturated heterocycles. The van der Waals surface area contributed by atoms with Gasteiger partial charge < -0.3 is 10.2 Å². The van der Waals surface area contributed by atoms with Gasteiger partial charge in [-0.05, 0) is 64.8 Å². The van der Waals surface area contributed by atoms with Gasteiger partial charge in [-0.1, -0.05) is 0 Å². The minimum Gasteiger partial charge on any atom is -0.465 e. The van der Waals surface area contributed by atoms with Gasteiger partial charge in [-0.2, -0.15) is 0 Å². The maximum Gasteiger partial charge on any atom is 0.121 e. The Morgan fingerprint density at radius 3 is 2.41 bits per heavy atom. The number of likely N-dealkylation sites (tertiary alicyclic amines) is 1. The van der Waals surface area contributed by atoms with Gasteiger partial charge in [0.15, 0.2) is 0 Å². The van der Waals surface area contributed by atoms with Crippen LogP contribution >= 0.6 is 0 Å². The summed E-state index contributed by atoms with van der Waals surface area (Å²) >= 11 is 0. The summed E-state index contributed by atoms with van der Waals surface area (Å²) in [6.45, 7) is 8.61. The molecule has 0 aromatic carbocycles. The fourth-order valence-electron chi connectivity index (χ4n) is 2.69. The molecule has 0 aliphatic carbocycles. The van der Waals surface area contributed by atoms with Crippen molar-refractivity contribution < 1.29 is 4.42 Å². The van der Waals surface area contributed by atoms with Crippen LogP contribution in [0.2, 0.25) is 0 Å². The maximum absolute atomic E-state index is 5.97. The van der Waals surface area contributed by atoms with Crippen molar-refractivity contribution in [2.75, 3.05) is 13.1 Å². The van der Waals surface area contributed by atoms with Crippen LogP contribution in [0.1, 0.15) is 44.3 Å². The second kappa shape index (κ2) is 5.23. The predicted octanol–water partition coefficient (Wildman–Crippen LogP) is 2.71. The summed E-state index contributed by atoms with van der Waals surface area (Å²) in [6.07, 6.45) is 2.42. The van der Waals surface area contributed by atoms with E-state index >= 15 is 0 Å². The Bertz CT molecular complexity index is 351. The number of hydrogen-bond donors (Lipinski definition) is 1. The quantitative estimate of drug-likeness (QED) is 0.877. The molecule has 1 aliphatic rings. The third kappa shape index (κ3) is 2.90. The summed E-state index contributed by atoms with van der Waals surface area (Å²) in [4.78, 5) is 2.50. The fourth-order valence-corrected chi connectivity index (χ4v) is 2.69. The lowest BCUT2D eigenvalue weighted by Crippen LogP contribution is -2.40. The second-order valence-electron chi connectivity index (χ2n) is 5.36. The highest BCUT2D eigenvalue weighted by atomic mass is 16.3. The minimum absolute atomic E-state index is 0.332. The van der Waals surface area contributed by atoms with Gasteiger partial charge in [0.05, 0.1) is 6.04 Å². The molecule has 0 saturated carbocycles. The first-order valence-corrected chi connectivity index (χ1v) is 6.64. The Hall–Kier alpha value is -0.800. The zero-order chi connectivity index (χ0) is 12.4. The highest BCUT2D eigenvalue weighted by Crippen LogP contribution is 2.28. The van der Waals surface area contributed by atoms with Gasteiger partial charge in [0.2, 0.25) is 0 Å². The van der Waals surface area contributed by atoms with E-state index in [1.807, 2.05) is 13.0 Å². The van der Waals surface area contributed by atoms with Crippen LogP contribution in [0.15, 0.2) is 16.5 Å². The third-order valence-electron chi connectivity index (χ3n) is 4.04. The van der Waals surface area contributed by atoms with Crippen LogP contribution in [-0.4, -0.2) is 24.0 Å². The Morgan fingerprint density at radius 2 is 1.94 bits per heavy atom. The molecule has 1 aromatic rings. The monoisotopic (exact) mass is 236 g/mol. The number of piperidine rings is 1. The van der Waals surface area contributed by atoms with Crippen molar-refractivity contribution >= 4 is 0 Å². The van der Waals surface area contributed by atoms with Crippen molar-refractivity contribution in [3.8, 4) is 0 Å². The van der Waals surface area contributed by atoms with Gasteiger partial charge in [-0.25, -0.2) is 0 Å². The first-order chi connectivity index (χ1) is 8.08. The van der Waals surface area contributed by atoms with Gasteiger partial charge >= 0.3 is 0 Å². The average molecular weight is 236 g/mol. The predicted molar refractivity (Wildman–Crippen MR) is 69.8 cm³/mol. The molecule has 96 valence electrons. The van der Waals surface area contributed by atoms with Gasteiger partial charge in [0.25, 0.3) is 0 Å². The lowest BCUT2D eigenvalue weighted by molar-refractivity contribution is 0.120. The van der Waals surface area contributed by atoms with E-state index < -0.39 is 0 Å². The van der Waals surface area contributed by atoms with Gasteiger partial charge in [-0.3, -0.25) is 4.90 Å². The Labute approximate surface area is 104 Å². The number of nitrogens with two attached hydrogens (primary N) is 1. The van der Waals surface area contributed by atoms with Crippen LogP contribution < -0.4 is 5.73 Å². The molecule has 1 aliphatic heterocycles. The zero-order valence-electron chi connectivity index (χ0n) is 11.1. The molecule has 3 heteroatoms. The summed E-state index contributed by atoms with van der Waals surface area (Å²) in [5, 5.41) is 0. The molecule has 1 fully saturated rings. The van der Waals surface area contributed by atoms with Gasteiger partial charge in [0.1, 0.15) is 11.5 Å². The number of nitrogens with zero attached hydrogens (tertiary/aromatic N) is 1. The number of rotatable bonds is 3. The average Bonchev–Trinajstić information content (AvgIpc) is 2.75. The van der Waals surface area contributed by atoms with E-state index in [4.69, 9.17) is 10.2 Å². The molecule has 0 bridgehead atoms. The Balaban J connectivity index is 1.92. The smallest absolute Gasteiger partial charge is 0.121 e. The number of hydrogen-bond acceptors (Lipinski definition) is 3. The van der Waals surface area contributed by atoms with E-state index in [9.17, 15) is 0 Å². The summed E-state index contributed by atoms with van der Waals surface area (Å²) in [6, 6.07) is 4.86. The molecule has 0 amide bonds. The summed E-state index contributed by atoms with van der Waals surface area (Å²) in [7, 11) is 0. The molecule has 17 heavy (non-hydrogen) atoms. The molecule has 2 unspecified atom stereocenters. The largest absolute Gasteiger partial charge is 0.465 e. The first-order valence-electron chi connectivity index (χ1n) is 6.64. The fraction of sp³-hybridized carbons (Fsp3) is 0.714. The lowest BCUT2D eigenvalue weighted by Gasteiger charge is -2.36. The first kappa shape index (κ1) is 12.7. The van der Waals surface area contributed by atoms with Crippen LogP contribution in [0.5, 0.6) is 0 Å². The van der Waals surface area contributed by atoms with Crippen molar-refractivity contribution in [2.24, 2.45) is 11.7 Å². The number of aryl methyl sites for hydroxylation is 1. The standard InChI is InChI=1S/C14H24N2O/c1-10-4-5-14(17-10)12(3)16-8-6-13(7-9-16)11(2)15/h4-5,11-13H,6-9,15H2,1-3H3. The van der Waals surface area contributed by atoms with Gasteiger partial charge in [0, 0.05) is 6.04 Å². The van der Waals surface area contributed by atoms with E-state index in [0.29, 0.717) is 18.0 Å². The SMILES string of the molecule is Cc1ccc(C(C)N2CCC(C(C)N)CC2)o1. The molecule has 2 atom stereocenters. The van der Waals surface area contributed by atoms with Crippen molar-refractivity contribution in [3.05, 3.63) is 23.7 Å². The maximum atomic E-state index is 5.97. The van der Waals surface area contributed by atoms with Crippen LogP contribution in [0, 0.1) is 12.8 Å². The van der Waals surface area contributed by atoms with E-state index in [-0.39, 0.29) is 0 Å². The second-order valence-corrected chi connectivity index (χ2v) is 5.36. The summed E-state index contributed by atoms with van der Waals surface area (Å²) in [5.74, 6) is 2.77. The van der Waals surface area contributed by atoms with E-state index in [2.05, 4.69) is 24.8 Å². The molecule has 2 N–H and O–H groups in total. The van der Waals surface area contributed by atoms with Crippen molar-refractivity contribution in [1.82, 2.24) is 4.90 Å². The van der Waals surface area contributed by atoms with Crippen LogP contribution in [0.3, 0.4) is 0 Å². The Kier molecular flexibility index (Phi) is 3.89. The van der Waals surface area contributed by atoms with Crippen molar-refractivity contribution in [1.29, 1.82) is 0 Å².